The molecule has 2 aromatic rings. The third-order valence-electron chi connectivity index (χ3n) is 2.95. The van der Waals surface area contributed by atoms with E-state index in [1.54, 1.807) is 0 Å². The second-order valence-corrected chi connectivity index (χ2v) is 6.20. The van der Waals surface area contributed by atoms with Gasteiger partial charge in [-0.15, -0.1) is 5.10 Å². The van der Waals surface area contributed by atoms with E-state index < -0.39 is 0 Å². The van der Waals surface area contributed by atoms with Gasteiger partial charge in [0.15, 0.2) is 5.65 Å². The Hall–Kier alpha value is -1.62. The molecule has 5 heteroatoms. The number of aromatic nitrogens is 3. The number of anilines is 1. The molecule has 0 aliphatic heterocycles. The van der Waals surface area contributed by atoms with Crippen molar-refractivity contribution in [2.75, 3.05) is 32.5 Å². The molecule has 1 N–H and O–H groups in total. The number of rotatable bonds is 5. The molecule has 0 aliphatic carbocycles. The van der Waals surface area contributed by atoms with Crippen LogP contribution in [0.15, 0.2) is 18.3 Å². The normalized spacial score (nSPS) is 12.3. The van der Waals surface area contributed by atoms with Gasteiger partial charge in [-0.1, -0.05) is 19.9 Å². The molecule has 0 saturated carbocycles. The number of hydrogen-bond donors (Lipinski definition) is 1. The minimum atomic E-state index is 0.177. The molecule has 0 bridgehead atoms. The van der Waals surface area contributed by atoms with Crippen LogP contribution in [-0.4, -0.2) is 46.7 Å². The highest BCUT2D eigenvalue weighted by Crippen LogP contribution is 2.16. The van der Waals surface area contributed by atoms with Crippen molar-refractivity contribution in [2.45, 2.75) is 20.8 Å². The van der Waals surface area contributed by atoms with Gasteiger partial charge in [-0.3, -0.25) is 0 Å². The molecule has 104 valence electrons. The Bertz CT molecular complexity index is 556. The molecule has 0 amide bonds. The van der Waals surface area contributed by atoms with Crippen LogP contribution in [0.1, 0.15) is 19.4 Å². The minimum Gasteiger partial charge on any atom is -0.352 e. The average Bonchev–Trinajstić information content (AvgIpc) is 2.66. The van der Waals surface area contributed by atoms with Gasteiger partial charge in [-0.05, 0) is 38.1 Å². The van der Waals surface area contributed by atoms with Crippen molar-refractivity contribution in [2.24, 2.45) is 5.41 Å². The largest absolute Gasteiger partial charge is 0.352 e. The number of hydrogen-bond acceptors (Lipinski definition) is 4. The van der Waals surface area contributed by atoms with E-state index in [0.717, 1.165) is 18.7 Å². The lowest BCUT2D eigenvalue weighted by atomic mass is 9.93. The maximum atomic E-state index is 4.46. The first-order valence-electron chi connectivity index (χ1n) is 6.57. The summed E-state index contributed by atoms with van der Waals surface area (Å²) >= 11 is 0. The zero-order valence-corrected chi connectivity index (χ0v) is 12.4. The molecule has 19 heavy (non-hydrogen) atoms. The molecule has 0 aromatic carbocycles. The van der Waals surface area contributed by atoms with Crippen LogP contribution in [0.3, 0.4) is 0 Å². The fourth-order valence-electron chi connectivity index (χ4n) is 2.29. The third-order valence-corrected chi connectivity index (χ3v) is 2.95. The smallest absolute Gasteiger partial charge is 0.243 e. The Morgan fingerprint density at radius 3 is 2.74 bits per heavy atom. The van der Waals surface area contributed by atoms with Crippen LogP contribution in [0.5, 0.6) is 0 Å². The number of aryl methyl sites for hydroxylation is 1. The van der Waals surface area contributed by atoms with Crippen molar-refractivity contribution in [3.63, 3.8) is 0 Å². The fourth-order valence-corrected chi connectivity index (χ4v) is 2.29. The van der Waals surface area contributed by atoms with Gasteiger partial charge in [0, 0.05) is 19.3 Å². The summed E-state index contributed by atoms with van der Waals surface area (Å²) in [7, 11) is 4.18. The quantitative estimate of drug-likeness (QED) is 0.894. The molecule has 0 aliphatic rings. The first-order valence-corrected chi connectivity index (χ1v) is 6.57. The second kappa shape index (κ2) is 5.17. The molecule has 0 spiro atoms. The molecule has 2 heterocycles. The first kappa shape index (κ1) is 13.8. The fraction of sp³-hybridized carbons (Fsp3) is 0.571. The minimum absolute atomic E-state index is 0.177. The van der Waals surface area contributed by atoms with Crippen LogP contribution in [0.2, 0.25) is 0 Å². The topological polar surface area (TPSA) is 45.5 Å². The maximum absolute atomic E-state index is 4.46. The van der Waals surface area contributed by atoms with Crippen molar-refractivity contribution in [3.05, 3.63) is 23.9 Å². The van der Waals surface area contributed by atoms with Crippen molar-refractivity contribution in [1.82, 2.24) is 19.5 Å². The summed E-state index contributed by atoms with van der Waals surface area (Å²) in [5.41, 5.74) is 2.23. The predicted molar refractivity (Wildman–Crippen MR) is 78.5 cm³/mol. The standard InChI is InChI=1S/C14H23N5/c1-11-6-7-12-16-13(17-19(12)8-11)15-9-14(2,3)10-18(4)5/h6-8H,9-10H2,1-5H3,(H,15,17). The lowest BCUT2D eigenvalue weighted by molar-refractivity contribution is 0.254. The number of nitrogens with zero attached hydrogens (tertiary/aromatic N) is 4. The molecule has 0 atom stereocenters. The van der Waals surface area contributed by atoms with E-state index in [1.165, 1.54) is 5.56 Å². The van der Waals surface area contributed by atoms with Crippen LogP contribution in [0, 0.1) is 12.3 Å². The van der Waals surface area contributed by atoms with Crippen molar-refractivity contribution in [3.8, 4) is 0 Å². The highest BCUT2D eigenvalue weighted by molar-refractivity contribution is 5.44. The van der Waals surface area contributed by atoms with E-state index in [-0.39, 0.29) is 5.41 Å². The molecule has 5 nitrogen and oxygen atoms in total. The molecular formula is C14H23N5. The summed E-state index contributed by atoms with van der Waals surface area (Å²) in [6, 6.07) is 4.03. The van der Waals surface area contributed by atoms with Gasteiger partial charge in [0.1, 0.15) is 0 Å². The van der Waals surface area contributed by atoms with E-state index in [0.29, 0.717) is 5.95 Å². The Morgan fingerprint density at radius 2 is 2.05 bits per heavy atom. The van der Waals surface area contributed by atoms with Gasteiger partial charge in [-0.2, -0.15) is 4.98 Å². The van der Waals surface area contributed by atoms with Crippen LogP contribution in [0.4, 0.5) is 5.95 Å². The lowest BCUT2D eigenvalue weighted by Crippen LogP contribution is -2.34. The van der Waals surface area contributed by atoms with Crippen molar-refractivity contribution < 1.29 is 0 Å². The molecule has 2 aromatic heterocycles. The summed E-state index contributed by atoms with van der Waals surface area (Å²) < 4.78 is 1.82. The molecule has 0 fully saturated rings. The number of nitrogens with one attached hydrogen (secondary N) is 1. The summed E-state index contributed by atoms with van der Waals surface area (Å²) in [5, 5.41) is 7.77. The molecule has 2 rings (SSSR count). The highest BCUT2D eigenvalue weighted by atomic mass is 15.3. The van der Waals surface area contributed by atoms with Crippen LogP contribution in [-0.2, 0) is 0 Å². The van der Waals surface area contributed by atoms with Crippen molar-refractivity contribution >= 4 is 11.6 Å². The second-order valence-electron chi connectivity index (χ2n) is 6.20. The van der Waals surface area contributed by atoms with Gasteiger partial charge in [-0.25, -0.2) is 4.52 Å². The summed E-state index contributed by atoms with van der Waals surface area (Å²) in [4.78, 5) is 6.66. The third kappa shape index (κ3) is 3.67. The Morgan fingerprint density at radius 1 is 1.32 bits per heavy atom. The Balaban J connectivity index is 2.05. The maximum Gasteiger partial charge on any atom is 0.243 e. The van der Waals surface area contributed by atoms with Crippen LogP contribution < -0.4 is 5.32 Å². The Labute approximate surface area is 114 Å². The van der Waals surface area contributed by atoms with E-state index >= 15 is 0 Å². The monoisotopic (exact) mass is 261 g/mol. The van der Waals surface area contributed by atoms with Gasteiger partial charge in [0.25, 0.3) is 0 Å². The zero-order chi connectivity index (χ0) is 14.0. The van der Waals surface area contributed by atoms with Crippen LogP contribution in [0.25, 0.3) is 5.65 Å². The molecule has 0 unspecified atom stereocenters. The highest BCUT2D eigenvalue weighted by Gasteiger charge is 2.19. The predicted octanol–water partition coefficient (Wildman–Crippen LogP) is 2.04. The van der Waals surface area contributed by atoms with Gasteiger partial charge < -0.3 is 10.2 Å². The molecule has 0 saturated heterocycles. The zero-order valence-electron chi connectivity index (χ0n) is 12.4. The first-order chi connectivity index (χ1) is 8.85. The number of fused-ring (bicyclic) bond motifs is 1. The summed E-state index contributed by atoms with van der Waals surface area (Å²) in [5.74, 6) is 0.692. The van der Waals surface area contributed by atoms with Gasteiger partial charge in [0.05, 0.1) is 0 Å². The summed E-state index contributed by atoms with van der Waals surface area (Å²) in [6.07, 6.45) is 1.98. The Kier molecular flexibility index (Phi) is 3.75. The number of pyridine rings is 1. The van der Waals surface area contributed by atoms with Gasteiger partial charge >= 0.3 is 0 Å². The SMILES string of the molecule is Cc1ccc2nc(NCC(C)(C)CN(C)C)nn2c1. The summed E-state index contributed by atoms with van der Waals surface area (Å²) in [6.45, 7) is 8.39. The van der Waals surface area contributed by atoms with E-state index in [1.807, 2.05) is 22.8 Å². The van der Waals surface area contributed by atoms with E-state index in [2.05, 4.69) is 55.2 Å². The van der Waals surface area contributed by atoms with Gasteiger partial charge in [0.2, 0.25) is 5.95 Å². The average molecular weight is 261 g/mol. The van der Waals surface area contributed by atoms with Crippen LogP contribution >= 0.6 is 0 Å². The molecular weight excluding hydrogens is 238 g/mol. The lowest BCUT2D eigenvalue weighted by Gasteiger charge is -2.28. The van der Waals surface area contributed by atoms with Crippen molar-refractivity contribution in [1.29, 1.82) is 0 Å². The van der Waals surface area contributed by atoms with E-state index in [9.17, 15) is 0 Å². The van der Waals surface area contributed by atoms with E-state index in [4.69, 9.17) is 0 Å². The molecule has 0 radical (unpaired) electrons.